The highest BCUT2D eigenvalue weighted by atomic mass is 16.7. The number of morpholine rings is 1. The first-order valence-corrected chi connectivity index (χ1v) is 10.6. The molecule has 2 aromatic carbocycles. The van der Waals surface area contributed by atoms with Gasteiger partial charge in [-0.05, 0) is 41.5 Å². The first kappa shape index (κ1) is 18.9. The number of nitrogens with zero attached hydrogens (tertiary/aromatic N) is 2. The van der Waals surface area contributed by atoms with E-state index in [1.165, 1.54) is 0 Å². The third kappa shape index (κ3) is 3.27. The van der Waals surface area contributed by atoms with E-state index in [2.05, 4.69) is 16.0 Å². The Morgan fingerprint density at radius 3 is 2.72 bits per heavy atom. The summed E-state index contributed by atoms with van der Waals surface area (Å²) in [6.07, 6.45) is 3.79. The smallest absolute Gasteiger partial charge is 0.254 e. The number of amides is 1. The number of hydrogen-bond donors (Lipinski definition) is 1. The van der Waals surface area contributed by atoms with Crippen molar-refractivity contribution in [3.8, 4) is 33.8 Å². The molecule has 1 amide bonds. The second-order valence-electron chi connectivity index (χ2n) is 7.88. The molecule has 0 unspecified atom stereocenters. The highest BCUT2D eigenvalue weighted by Gasteiger charge is 2.19. The van der Waals surface area contributed by atoms with E-state index in [-0.39, 0.29) is 12.7 Å². The van der Waals surface area contributed by atoms with Crippen molar-refractivity contribution in [1.29, 1.82) is 0 Å². The van der Waals surface area contributed by atoms with Gasteiger partial charge in [0.1, 0.15) is 5.65 Å². The Labute approximate surface area is 184 Å². The van der Waals surface area contributed by atoms with Crippen molar-refractivity contribution in [2.45, 2.75) is 0 Å². The van der Waals surface area contributed by atoms with Crippen LogP contribution in [0.5, 0.6) is 11.5 Å². The molecule has 2 aromatic heterocycles. The van der Waals surface area contributed by atoms with Crippen LogP contribution in [0.2, 0.25) is 0 Å². The number of fused-ring (bicyclic) bond motifs is 2. The van der Waals surface area contributed by atoms with Crippen molar-refractivity contribution < 1.29 is 19.0 Å². The van der Waals surface area contributed by atoms with Gasteiger partial charge >= 0.3 is 0 Å². The lowest BCUT2D eigenvalue weighted by molar-refractivity contribution is 0.0303. The Balaban J connectivity index is 1.36. The zero-order valence-electron chi connectivity index (χ0n) is 17.3. The monoisotopic (exact) mass is 427 g/mol. The molecule has 0 spiro atoms. The van der Waals surface area contributed by atoms with Gasteiger partial charge in [-0.25, -0.2) is 4.98 Å². The normalized spacial score (nSPS) is 15.3. The molecule has 7 heteroatoms. The minimum Gasteiger partial charge on any atom is -0.454 e. The summed E-state index contributed by atoms with van der Waals surface area (Å²) in [5, 5.41) is 1.01. The summed E-state index contributed by atoms with van der Waals surface area (Å²) in [7, 11) is 0. The van der Waals surface area contributed by atoms with Crippen LogP contribution in [0.4, 0.5) is 0 Å². The first-order valence-electron chi connectivity index (χ1n) is 10.6. The van der Waals surface area contributed by atoms with Crippen LogP contribution in [0.25, 0.3) is 33.3 Å². The average molecular weight is 427 g/mol. The highest BCUT2D eigenvalue weighted by Crippen LogP contribution is 2.38. The molecule has 7 nitrogen and oxygen atoms in total. The number of nitrogens with one attached hydrogen (secondary N) is 1. The van der Waals surface area contributed by atoms with Crippen molar-refractivity contribution in [2.24, 2.45) is 0 Å². The number of carbonyl (C=O) groups excluding carboxylic acids is 1. The molecule has 160 valence electrons. The number of ether oxygens (including phenoxy) is 3. The van der Waals surface area contributed by atoms with Crippen LogP contribution in [0.1, 0.15) is 10.4 Å². The van der Waals surface area contributed by atoms with E-state index in [1.807, 2.05) is 59.8 Å². The van der Waals surface area contributed by atoms with Gasteiger partial charge in [0, 0.05) is 47.6 Å². The maximum absolute atomic E-state index is 12.9. The molecule has 4 aromatic rings. The summed E-state index contributed by atoms with van der Waals surface area (Å²) in [6.45, 7) is 2.67. The van der Waals surface area contributed by atoms with Crippen LogP contribution >= 0.6 is 0 Å². The molecule has 2 aliphatic heterocycles. The summed E-state index contributed by atoms with van der Waals surface area (Å²) in [5.74, 6) is 1.54. The molecule has 2 aliphatic rings. The second-order valence-corrected chi connectivity index (χ2v) is 7.88. The van der Waals surface area contributed by atoms with Gasteiger partial charge in [0.15, 0.2) is 11.5 Å². The van der Waals surface area contributed by atoms with Crippen molar-refractivity contribution >= 4 is 16.9 Å². The van der Waals surface area contributed by atoms with Crippen LogP contribution in [-0.2, 0) is 4.74 Å². The van der Waals surface area contributed by atoms with E-state index < -0.39 is 0 Å². The van der Waals surface area contributed by atoms with Gasteiger partial charge in [0.25, 0.3) is 5.91 Å². The van der Waals surface area contributed by atoms with E-state index >= 15 is 0 Å². The maximum atomic E-state index is 12.9. The van der Waals surface area contributed by atoms with Gasteiger partial charge in [-0.2, -0.15) is 0 Å². The van der Waals surface area contributed by atoms with Crippen LogP contribution in [0.15, 0.2) is 60.9 Å². The SMILES string of the molecule is O=C(c1cccc(-c2cnc3[nH]cc(-c4ccc5c(c4)OCO5)c3c2)c1)N1CCOCC1. The molecular weight excluding hydrogens is 406 g/mol. The van der Waals surface area contributed by atoms with Crippen molar-refractivity contribution in [2.75, 3.05) is 33.1 Å². The first-order chi connectivity index (χ1) is 15.8. The zero-order chi connectivity index (χ0) is 21.5. The lowest BCUT2D eigenvalue weighted by Gasteiger charge is -2.27. The standard InChI is InChI=1S/C25H21N3O4/c29-25(28-6-8-30-9-7-28)18-3-1-2-16(10-18)19-11-20-21(14-27-24(20)26-13-19)17-4-5-22-23(12-17)32-15-31-22/h1-5,10-14H,6-9,15H2,(H,26,27). The van der Waals surface area contributed by atoms with Gasteiger partial charge in [-0.3, -0.25) is 4.79 Å². The fourth-order valence-electron chi connectivity index (χ4n) is 4.24. The molecule has 6 rings (SSSR count). The Morgan fingerprint density at radius 1 is 0.938 bits per heavy atom. The van der Waals surface area contributed by atoms with Gasteiger partial charge in [0.2, 0.25) is 6.79 Å². The Morgan fingerprint density at radius 2 is 1.81 bits per heavy atom. The number of aromatic nitrogens is 2. The quantitative estimate of drug-likeness (QED) is 0.533. The predicted molar refractivity (Wildman–Crippen MR) is 120 cm³/mol. The molecule has 32 heavy (non-hydrogen) atoms. The van der Waals surface area contributed by atoms with Crippen molar-refractivity contribution in [1.82, 2.24) is 14.9 Å². The molecule has 1 saturated heterocycles. The fourth-order valence-corrected chi connectivity index (χ4v) is 4.24. The Hall–Kier alpha value is -3.84. The lowest BCUT2D eigenvalue weighted by Crippen LogP contribution is -2.40. The summed E-state index contributed by atoms with van der Waals surface area (Å²) < 4.78 is 16.3. The minimum atomic E-state index is 0.0341. The fraction of sp³-hybridized carbons (Fsp3) is 0.200. The largest absolute Gasteiger partial charge is 0.454 e. The lowest BCUT2D eigenvalue weighted by atomic mass is 10.0. The molecular formula is C25H21N3O4. The van der Waals surface area contributed by atoms with Gasteiger partial charge in [-0.15, -0.1) is 0 Å². The van der Waals surface area contributed by atoms with Gasteiger partial charge in [0.05, 0.1) is 13.2 Å². The average Bonchev–Trinajstić information content (AvgIpc) is 3.50. The van der Waals surface area contributed by atoms with Crippen LogP contribution in [0, 0.1) is 0 Å². The summed E-state index contributed by atoms with van der Waals surface area (Å²) in [5.41, 5.74) is 5.45. The van der Waals surface area contributed by atoms with E-state index in [0.29, 0.717) is 31.9 Å². The van der Waals surface area contributed by atoms with Crippen LogP contribution in [-0.4, -0.2) is 53.9 Å². The van der Waals surface area contributed by atoms with E-state index in [0.717, 1.165) is 44.8 Å². The molecule has 0 bridgehead atoms. The number of H-pyrrole nitrogens is 1. The van der Waals surface area contributed by atoms with E-state index in [9.17, 15) is 4.79 Å². The predicted octanol–water partition coefficient (Wildman–Crippen LogP) is 4.10. The molecule has 0 atom stereocenters. The van der Waals surface area contributed by atoms with Crippen molar-refractivity contribution in [3.63, 3.8) is 0 Å². The third-order valence-corrected chi connectivity index (χ3v) is 5.96. The second kappa shape index (κ2) is 7.69. The van der Waals surface area contributed by atoms with Gasteiger partial charge < -0.3 is 24.1 Å². The number of pyridine rings is 1. The number of rotatable bonds is 3. The molecule has 1 N–H and O–H groups in total. The molecule has 0 radical (unpaired) electrons. The van der Waals surface area contributed by atoms with Crippen LogP contribution < -0.4 is 9.47 Å². The van der Waals surface area contributed by atoms with Crippen molar-refractivity contribution in [3.05, 3.63) is 66.5 Å². The Kier molecular flexibility index (Phi) is 4.54. The summed E-state index contributed by atoms with van der Waals surface area (Å²) in [4.78, 5) is 22.6. The maximum Gasteiger partial charge on any atom is 0.254 e. The minimum absolute atomic E-state index is 0.0341. The molecule has 0 aliphatic carbocycles. The molecule has 4 heterocycles. The number of aromatic amines is 1. The number of hydrogen-bond acceptors (Lipinski definition) is 5. The van der Waals surface area contributed by atoms with E-state index in [4.69, 9.17) is 14.2 Å². The summed E-state index contributed by atoms with van der Waals surface area (Å²) in [6, 6.07) is 15.8. The topological polar surface area (TPSA) is 76.7 Å². The summed E-state index contributed by atoms with van der Waals surface area (Å²) >= 11 is 0. The number of carbonyl (C=O) groups is 1. The molecule has 0 saturated carbocycles. The zero-order valence-corrected chi connectivity index (χ0v) is 17.3. The molecule has 1 fully saturated rings. The third-order valence-electron chi connectivity index (χ3n) is 5.96. The van der Waals surface area contributed by atoms with Crippen LogP contribution in [0.3, 0.4) is 0 Å². The highest BCUT2D eigenvalue weighted by molar-refractivity contribution is 5.98. The van der Waals surface area contributed by atoms with E-state index in [1.54, 1.807) is 0 Å². The number of benzene rings is 2. The Bertz CT molecular complexity index is 1320. The van der Waals surface area contributed by atoms with Gasteiger partial charge in [-0.1, -0.05) is 18.2 Å².